The van der Waals surface area contributed by atoms with Crippen LogP contribution in [0, 0.1) is 0 Å². The number of carbonyl (C=O) groups is 1. The van der Waals surface area contributed by atoms with E-state index < -0.39 is 5.60 Å². The van der Waals surface area contributed by atoms with Crippen molar-refractivity contribution in [3.63, 3.8) is 0 Å². The van der Waals surface area contributed by atoms with Crippen LogP contribution in [0.25, 0.3) is 0 Å². The molecule has 1 aliphatic heterocycles. The Bertz CT molecular complexity index is 477. The van der Waals surface area contributed by atoms with Gasteiger partial charge in [-0.25, -0.2) is 4.79 Å². The Labute approximate surface area is 140 Å². The fourth-order valence-electron chi connectivity index (χ4n) is 2.72. The monoisotopic (exact) mass is 323 g/mol. The average Bonchev–Trinajstić information content (AvgIpc) is 2.56. The molecule has 0 aromatic rings. The number of alkyl carbamates (subject to hydrolysis) is 1. The van der Waals surface area contributed by atoms with Crippen molar-refractivity contribution in [2.24, 2.45) is 0 Å². The summed E-state index contributed by atoms with van der Waals surface area (Å²) in [5, 5.41) is 2.96. The largest absolute Gasteiger partial charge is 0.490 e. The molecular weight excluding hydrogens is 293 g/mol. The van der Waals surface area contributed by atoms with Gasteiger partial charge in [0.15, 0.2) is 0 Å². The normalized spacial score (nSPS) is 26.7. The molecule has 2 rings (SSSR count). The summed E-state index contributed by atoms with van der Waals surface area (Å²) in [6.45, 7) is 13.8. The van der Waals surface area contributed by atoms with Gasteiger partial charge in [-0.3, -0.25) is 0 Å². The van der Waals surface area contributed by atoms with Gasteiger partial charge in [0, 0.05) is 6.04 Å². The van der Waals surface area contributed by atoms with Crippen molar-refractivity contribution < 1.29 is 18.8 Å². The highest BCUT2D eigenvalue weighted by Gasteiger charge is 2.52. The molecule has 0 bridgehead atoms. The number of hydrogen-bond donors (Lipinski definition) is 1. The van der Waals surface area contributed by atoms with Gasteiger partial charge >= 0.3 is 13.2 Å². The van der Waals surface area contributed by atoms with Crippen molar-refractivity contribution in [1.29, 1.82) is 0 Å². The van der Waals surface area contributed by atoms with Crippen LogP contribution in [-0.2, 0) is 14.0 Å². The van der Waals surface area contributed by atoms with Crippen LogP contribution in [0.4, 0.5) is 4.79 Å². The maximum atomic E-state index is 11.9. The van der Waals surface area contributed by atoms with Crippen LogP contribution in [0.1, 0.15) is 67.7 Å². The Morgan fingerprint density at radius 2 is 1.83 bits per heavy atom. The summed E-state index contributed by atoms with van der Waals surface area (Å²) in [6, 6.07) is 0.0591. The van der Waals surface area contributed by atoms with Crippen molar-refractivity contribution in [3.05, 3.63) is 11.5 Å². The summed E-state index contributed by atoms with van der Waals surface area (Å²) >= 11 is 0. The summed E-state index contributed by atoms with van der Waals surface area (Å²) in [6.07, 6.45) is 4.35. The Morgan fingerprint density at radius 3 is 2.35 bits per heavy atom. The fraction of sp³-hybridized carbons (Fsp3) is 0.824. The van der Waals surface area contributed by atoms with E-state index in [-0.39, 0.29) is 30.5 Å². The Hall–Kier alpha value is -1.01. The first kappa shape index (κ1) is 18.3. The third-order valence-corrected chi connectivity index (χ3v) is 4.68. The summed E-state index contributed by atoms with van der Waals surface area (Å²) < 4.78 is 17.5. The molecule has 0 saturated carbocycles. The van der Waals surface area contributed by atoms with Gasteiger partial charge in [0.05, 0.1) is 11.2 Å². The van der Waals surface area contributed by atoms with Crippen LogP contribution in [0.2, 0.25) is 0 Å². The van der Waals surface area contributed by atoms with Crippen LogP contribution < -0.4 is 5.32 Å². The lowest BCUT2D eigenvalue weighted by Crippen LogP contribution is -2.41. The molecule has 1 heterocycles. The van der Waals surface area contributed by atoms with E-state index in [1.165, 1.54) is 0 Å². The van der Waals surface area contributed by atoms with Gasteiger partial charge < -0.3 is 19.4 Å². The van der Waals surface area contributed by atoms with E-state index in [0.717, 1.165) is 24.7 Å². The van der Waals surface area contributed by atoms with Gasteiger partial charge in [-0.15, -0.1) is 0 Å². The number of carbonyl (C=O) groups excluding carboxylic acids is 1. The van der Waals surface area contributed by atoms with E-state index >= 15 is 0 Å². The molecule has 1 fully saturated rings. The molecular formula is C17H30BNO4. The topological polar surface area (TPSA) is 56.8 Å². The molecule has 1 amide bonds. The first-order chi connectivity index (χ1) is 10.4. The molecule has 1 aliphatic carbocycles. The lowest BCUT2D eigenvalue weighted by molar-refractivity contribution is 0.00578. The van der Waals surface area contributed by atoms with Crippen molar-refractivity contribution in [3.8, 4) is 0 Å². The van der Waals surface area contributed by atoms with E-state index in [1.54, 1.807) is 0 Å². The summed E-state index contributed by atoms with van der Waals surface area (Å²) in [7, 11) is -0.330. The minimum absolute atomic E-state index is 0.0591. The zero-order valence-electron chi connectivity index (χ0n) is 15.5. The van der Waals surface area contributed by atoms with Crippen LogP contribution in [0.5, 0.6) is 0 Å². The molecule has 6 heteroatoms. The molecule has 0 aromatic heterocycles. The number of ether oxygens (including phenoxy) is 1. The lowest BCUT2D eigenvalue weighted by Gasteiger charge is -2.32. The van der Waals surface area contributed by atoms with E-state index in [4.69, 9.17) is 14.0 Å². The molecule has 2 aliphatic rings. The maximum absolute atomic E-state index is 11.9. The van der Waals surface area contributed by atoms with Gasteiger partial charge in [0.2, 0.25) is 0 Å². The Morgan fingerprint density at radius 1 is 1.26 bits per heavy atom. The van der Waals surface area contributed by atoms with Crippen LogP contribution in [0.15, 0.2) is 11.5 Å². The number of allylic oxidation sites excluding steroid dienone is 1. The van der Waals surface area contributed by atoms with Gasteiger partial charge in [-0.1, -0.05) is 6.08 Å². The van der Waals surface area contributed by atoms with Crippen LogP contribution >= 0.6 is 0 Å². The van der Waals surface area contributed by atoms with Gasteiger partial charge in [-0.05, 0) is 73.2 Å². The van der Waals surface area contributed by atoms with E-state index in [0.29, 0.717) is 0 Å². The summed E-state index contributed by atoms with van der Waals surface area (Å²) in [5.74, 6) is 0. The number of amides is 1. The molecule has 1 saturated heterocycles. The molecule has 1 N–H and O–H groups in total. The third-order valence-electron chi connectivity index (χ3n) is 4.68. The maximum Gasteiger partial charge on any atom is 0.490 e. The summed E-state index contributed by atoms with van der Waals surface area (Å²) in [5.41, 5.74) is -0.0620. The highest BCUT2D eigenvalue weighted by atomic mass is 16.7. The smallest absolute Gasteiger partial charge is 0.444 e. The minimum atomic E-state index is -0.483. The quantitative estimate of drug-likeness (QED) is 0.789. The van der Waals surface area contributed by atoms with E-state index in [2.05, 4.69) is 11.4 Å². The second-order valence-corrected chi connectivity index (χ2v) is 8.49. The zero-order valence-corrected chi connectivity index (χ0v) is 15.5. The second-order valence-electron chi connectivity index (χ2n) is 8.49. The SMILES string of the molecule is CC(C)(C)OC(=O)N[C@@H]1CCC=C(B2OC(C)(C)C(C)(C)O2)C1. The summed E-state index contributed by atoms with van der Waals surface area (Å²) in [4.78, 5) is 11.9. The van der Waals surface area contributed by atoms with Crippen LogP contribution in [-0.4, -0.2) is 36.1 Å². The highest BCUT2D eigenvalue weighted by molar-refractivity contribution is 6.54. The zero-order chi connectivity index (χ0) is 17.5. The fourth-order valence-corrected chi connectivity index (χ4v) is 2.72. The molecule has 5 nitrogen and oxygen atoms in total. The molecule has 1 atom stereocenters. The molecule has 0 radical (unpaired) electrons. The predicted octanol–water partition coefficient (Wildman–Crippen LogP) is 3.62. The first-order valence-corrected chi connectivity index (χ1v) is 8.44. The average molecular weight is 323 g/mol. The first-order valence-electron chi connectivity index (χ1n) is 8.44. The standard InChI is InChI=1S/C17H30BNO4/c1-15(2,3)21-14(20)19-13-10-8-9-12(11-13)18-22-16(4,5)17(6,7)23-18/h9,13H,8,10-11H2,1-7H3,(H,19,20)/t13-/m1/s1. The molecule has 0 spiro atoms. The minimum Gasteiger partial charge on any atom is -0.444 e. The number of hydrogen-bond acceptors (Lipinski definition) is 4. The Kier molecular flexibility index (Phi) is 4.89. The number of nitrogens with one attached hydrogen (secondary N) is 1. The molecule has 0 unspecified atom stereocenters. The van der Waals surface area contributed by atoms with Gasteiger partial charge in [-0.2, -0.15) is 0 Å². The van der Waals surface area contributed by atoms with Crippen LogP contribution in [0.3, 0.4) is 0 Å². The number of rotatable bonds is 2. The van der Waals surface area contributed by atoms with E-state index in [9.17, 15) is 4.79 Å². The Balaban J connectivity index is 1.94. The molecule has 23 heavy (non-hydrogen) atoms. The van der Waals surface area contributed by atoms with Gasteiger partial charge in [0.1, 0.15) is 5.60 Å². The third kappa shape index (κ3) is 4.51. The van der Waals surface area contributed by atoms with E-state index in [1.807, 2.05) is 48.5 Å². The van der Waals surface area contributed by atoms with Gasteiger partial charge in [0.25, 0.3) is 0 Å². The van der Waals surface area contributed by atoms with Crippen molar-refractivity contribution in [2.75, 3.05) is 0 Å². The van der Waals surface area contributed by atoms with Crippen molar-refractivity contribution in [2.45, 2.75) is 90.6 Å². The van der Waals surface area contributed by atoms with Crippen molar-refractivity contribution in [1.82, 2.24) is 5.32 Å². The van der Waals surface area contributed by atoms with Crippen molar-refractivity contribution >= 4 is 13.2 Å². The second kappa shape index (κ2) is 6.13. The predicted molar refractivity (Wildman–Crippen MR) is 91.2 cm³/mol. The molecule has 130 valence electrons. The molecule has 0 aromatic carbocycles. The highest BCUT2D eigenvalue weighted by Crippen LogP contribution is 2.40. The lowest BCUT2D eigenvalue weighted by atomic mass is 9.71.